The zero-order valence-corrected chi connectivity index (χ0v) is 10.2. The van der Waals surface area contributed by atoms with Crippen LogP contribution in [-0.4, -0.2) is 42.0 Å². The lowest BCUT2D eigenvalue weighted by molar-refractivity contribution is -0.206. The zero-order valence-electron chi connectivity index (χ0n) is 10.2. The van der Waals surface area contributed by atoms with Crippen LogP contribution < -0.4 is 0 Å². The number of amides is 1. The van der Waals surface area contributed by atoms with E-state index in [-0.39, 0.29) is 6.61 Å². The maximum absolute atomic E-state index is 12.1. The molecule has 19 heavy (non-hydrogen) atoms. The van der Waals surface area contributed by atoms with Crippen molar-refractivity contribution in [2.24, 2.45) is 0 Å². The summed E-state index contributed by atoms with van der Waals surface area (Å²) in [4.78, 5) is 12.1. The largest absolute Gasteiger partial charge is 0.445 e. The molecular weight excluding hydrogens is 263 g/mol. The van der Waals surface area contributed by atoms with Gasteiger partial charge in [0.05, 0.1) is 6.54 Å². The van der Waals surface area contributed by atoms with Crippen LogP contribution in [0.1, 0.15) is 5.56 Å². The number of hydrogen-bond donors (Lipinski definition) is 1. The van der Waals surface area contributed by atoms with Crippen molar-refractivity contribution in [3.8, 4) is 0 Å². The second-order valence-corrected chi connectivity index (χ2v) is 3.98. The van der Waals surface area contributed by atoms with Crippen LogP contribution in [0.25, 0.3) is 0 Å². The SMILES string of the molecule is CN(C[C@@H](O)C(F)(F)F)C(=O)OCc1ccccc1. The van der Waals surface area contributed by atoms with E-state index < -0.39 is 24.9 Å². The molecule has 0 radical (unpaired) electrons. The van der Waals surface area contributed by atoms with E-state index in [0.717, 1.165) is 12.6 Å². The topological polar surface area (TPSA) is 49.8 Å². The summed E-state index contributed by atoms with van der Waals surface area (Å²) in [5.74, 6) is 0. The first kappa shape index (κ1) is 15.3. The van der Waals surface area contributed by atoms with E-state index >= 15 is 0 Å². The van der Waals surface area contributed by atoms with Gasteiger partial charge in [0.2, 0.25) is 0 Å². The fraction of sp³-hybridized carbons (Fsp3) is 0.417. The Hall–Kier alpha value is -1.76. The number of carbonyl (C=O) groups excluding carboxylic acids is 1. The van der Waals surface area contributed by atoms with Gasteiger partial charge in [-0.25, -0.2) is 4.79 Å². The van der Waals surface area contributed by atoms with Crippen molar-refractivity contribution in [2.75, 3.05) is 13.6 Å². The van der Waals surface area contributed by atoms with Crippen LogP contribution >= 0.6 is 0 Å². The summed E-state index contributed by atoms with van der Waals surface area (Å²) in [6.07, 6.45) is -8.26. The van der Waals surface area contributed by atoms with Gasteiger partial charge in [-0.1, -0.05) is 30.3 Å². The molecule has 1 rings (SSSR count). The summed E-state index contributed by atoms with van der Waals surface area (Å²) in [7, 11) is 1.13. The molecule has 106 valence electrons. The Morgan fingerprint density at radius 3 is 2.47 bits per heavy atom. The average Bonchev–Trinajstić information content (AvgIpc) is 2.35. The fourth-order valence-electron chi connectivity index (χ4n) is 1.27. The third-order valence-corrected chi connectivity index (χ3v) is 2.34. The van der Waals surface area contributed by atoms with Gasteiger partial charge in [0.15, 0.2) is 6.10 Å². The Labute approximate surface area is 108 Å². The van der Waals surface area contributed by atoms with Gasteiger partial charge in [-0.05, 0) is 5.56 Å². The van der Waals surface area contributed by atoms with E-state index in [2.05, 4.69) is 0 Å². The highest BCUT2D eigenvalue weighted by Crippen LogP contribution is 2.20. The molecule has 0 heterocycles. The number of carbonyl (C=O) groups is 1. The molecule has 1 atom stereocenters. The van der Waals surface area contributed by atoms with Crippen molar-refractivity contribution < 1.29 is 27.8 Å². The van der Waals surface area contributed by atoms with Gasteiger partial charge in [0.1, 0.15) is 6.61 Å². The number of rotatable bonds is 4. The van der Waals surface area contributed by atoms with Crippen molar-refractivity contribution in [1.82, 2.24) is 4.90 Å². The molecule has 0 aliphatic heterocycles. The summed E-state index contributed by atoms with van der Waals surface area (Å²) in [6, 6.07) is 8.73. The van der Waals surface area contributed by atoms with E-state index in [1.165, 1.54) is 0 Å². The molecule has 0 aliphatic carbocycles. The van der Waals surface area contributed by atoms with Crippen LogP contribution in [-0.2, 0) is 11.3 Å². The number of likely N-dealkylation sites (N-methyl/N-ethyl adjacent to an activating group) is 1. The third kappa shape index (κ3) is 5.17. The van der Waals surface area contributed by atoms with Crippen LogP contribution in [0.2, 0.25) is 0 Å². The average molecular weight is 277 g/mol. The summed E-state index contributed by atoms with van der Waals surface area (Å²) < 4.78 is 41.1. The van der Waals surface area contributed by atoms with Crippen molar-refractivity contribution in [3.05, 3.63) is 35.9 Å². The summed E-state index contributed by atoms with van der Waals surface area (Å²) in [5.41, 5.74) is 0.723. The summed E-state index contributed by atoms with van der Waals surface area (Å²) >= 11 is 0. The quantitative estimate of drug-likeness (QED) is 0.917. The fourth-order valence-corrected chi connectivity index (χ4v) is 1.27. The highest BCUT2D eigenvalue weighted by Gasteiger charge is 2.39. The van der Waals surface area contributed by atoms with E-state index in [1.54, 1.807) is 30.3 Å². The Morgan fingerprint density at radius 2 is 1.95 bits per heavy atom. The van der Waals surface area contributed by atoms with E-state index in [1.807, 2.05) is 0 Å². The second kappa shape index (κ2) is 6.42. The first-order chi connectivity index (χ1) is 8.80. The number of aliphatic hydroxyl groups is 1. The molecule has 1 N–H and O–H groups in total. The smallest absolute Gasteiger partial charge is 0.416 e. The Balaban J connectivity index is 2.41. The summed E-state index contributed by atoms with van der Waals surface area (Å²) in [6.45, 7) is -0.900. The highest BCUT2D eigenvalue weighted by molar-refractivity contribution is 5.67. The summed E-state index contributed by atoms with van der Waals surface area (Å²) in [5, 5.41) is 8.82. The maximum atomic E-state index is 12.1. The van der Waals surface area contributed by atoms with Gasteiger partial charge in [0, 0.05) is 7.05 Å². The predicted octanol–water partition coefficient (Wildman–Crippen LogP) is 2.18. The van der Waals surface area contributed by atoms with Crippen LogP contribution in [0.3, 0.4) is 0 Å². The number of ether oxygens (including phenoxy) is 1. The lowest BCUT2D eigenvalue weighted by Crippen LogP contribution is -2.41. The predicted molar refractivity (Wildman–Crippen MR) is 61.3 cm³/mol. The van der Waals surface area contributed by atoms with Crippen LogP contribution in [0.4, 0.5) is 18.0 Å². The molecule has 7 heteroatoms. The molecule has 0 fully saturated rings. The molecule has 4 nitrogen and oxygen atoms in total. The van der Waals surface area contributed by atoms with Gasteiger partial charge >= 0.3 is 12.3 Å². The molecule has 0 aromatic heterocycles. The first-order valence-corrected chi connectivity index (χ1v) is 5.47. The Morgan fingerprint density at radius 1 is 1.37 bits per heavy atom. The van der Waals surface area contributed by atoms with Gasteiger partial charge in [0.25, 0.3) is 0 Å². The molecule has 1 aromatic carbocycles. The number of nitrogens with zero attached hydrogens (tertiary/aromatic N) is 1. The molecule has 0 aliphatic rings. The van der Waals surface area contributed by atoms with Gasteiger partial charge in [-0.3, -0.25) is 0 Å². The molecule has 0 saturated carbocycles. The van der Waals surface area contributed by atoms with Gasteiger partial charge in [-0.2, -0.15) is 13.2 Å². The highest BCUT2D eigenvalue weighted by atomic mass is 19.4. The third-order valence-electron chi connectivity index (χ3n) is 2.34. The molecular formula is C12H14F3NO3. The van der Waals surface area contributed by atoms with Crippen molar-refractivity contribution in [2.45, 2.75) is 18.9 Å². The normalized spacial score (nSPS) is 12.9. The molecule has 0 spiro atoms. The first-order valence-electron chi connectivity index (χ1n) is 5.47. The van der Waals surface area contributed by atoms with Crippen LogP contribution in [0.15, 0.2) is 30.3 Å². The zero-order chi connectivity index (χ0) is 14.5. The molecule has 1 aromatic rings. The minimum absolute atomic E-state index is 0.0356. The van der Waals surface area contributed by atoms with E-state index in [4.69, 9.17) is 9.84 Å². The standard InChI is InChI=1S/C12H14F3NO3/c1-16(7-10(17)12(13,14)15)11(18)19-8-9-5-3-2-4-6-9/h2-6,10,17H,7-8H2,1H3/t10-/m1/s1. The number of aliphatic hydroxyl groups excluding tert-OH is 1. The van der Waals surface area contributed by atoms with Crippen molar-refractivity contribution >= 4 is 6.09 Å². The van der Waals surface area contributed by atoms with Crippen LogP contribution in [0.5, 0.6) is 0 Å². The number of alkyl halides is 3. The number of halogens is 3. The number of benzene rings is 1. The molecule has 0 unspecified atom stereocenters. The Bertz CT molecular complexity index is 408. The minimum atomic E-state index is -4.76. The molecule has 0 saturated heterocycles. The van der Waals surface area contributed by atoms with E-state index in [9.17, 15) is 18.0 Å². The monoisotopic (exact) mass is 277 g/mol. The lowest BCUT2D eigenvalue weighted by atomic mass is 10.2. The molecule has 1 amide bonds. The van der Waals surface area contributed by atoms with Crippen molar-refractivity contribution in [3.63, 3.8) is 0 Å². The molecule has 0 bridgehead atoms. The number of hydrogen-bond acceptors (Lipinski definition) is 3. The van der Waals surface area contributed by atoms with Gasteiger partial charge in [-0.15, -0.1) is 0 Å². The van der Waals surface area contributed by atoms with Gasteiger partial charge < -0.3 is 14.7 Å². The van der Waals surface area contributed by atoms with Crippen molar-refractivity contribution in [1.29, 1.82) is 0 Å². The van der Waals surface area contributed by atoms with E-state index in [0.29, 0.717) is 4.90 Å². The second-order valence-electron chi connectivity index (χ2n) is 3.98. The lowest BCUT2D eigenvalue weighted by Gasteiger charge is -2.21. The van der Waals surface area contributed by atoms with Crippen LogP contribution in [0, 0.1) is 0 Å². The minimum Gasteiger partial charge on any atom is -0.445 e. The maximum Gasteiger partial charge on any atom is 0.416 e. The Kier molecular flexibility index (Phi) is 5.17.